The maximum Gasteiger partial charge on any atom is 0.325 e. The number of esters is 1. The van der Waals surface area contributed by atoms with E-state index in [0.29, 0.717) is 24.0 Å². The zero-order valence-corrected chi connectivity index (χ0v) is 12.3. The third kappa shape index (κ3) is 3.48. The van der Waals surface area contributed by atoms with Gasteiger partial charge in [0.1, 0.15) is 5.54 Å². The van der Waals surface area contributed by atoms with Crippen LogP contribution in [0.25, 0.3) is 0 Å². The van der Waals surface area contributed by atoms with Gasteiger partial charge in [-0.05, 0) is 33.1 Å². The number of aryl methyl sites for hydroxylation is 2. The van der Waals surface area contributed by atoms with E-state index in [1.54, 1.807) is 10.9 Å². The van der Waals surface area contributed by atoms with Gasteiger partial charge < -0.3 is 4.74 Å². The number of nitrogens with one attached hydrogen (secondary N) is 1. The molecule has 1 fully saturated rings. The van der Waals surface area contributed by atoms with E-state index < -0.39 is 5.54 Å². The summed E-state index contributed by atoms with van der Waals surface area (Å²) in [5, 5.41) is 8.31. The third-order valence-corrected chi connectivity index (χ3v) is 3.83. The molecule has 0 radical (unpaired) electrons. The molecular weight excluding hydrogens is 266 g/mol. The fourth-order valence-corrected chi connectivity index (χ4v) is 2.23. The molecule has 1 unspecified atom stereocenters. The number of hydrogen-bond donors (Lipinski definition) is 1. The average molecular weight is 286 g/mol. The molecule has 0 aliphatic heterocycles. The van der Waals surface area contributed by atoms with Crippen LogP contribution >= 0.6 is 11.6 Å². The van der Waals surface area contributed by atoms with Crippen LogP contribution in [0.3, 0.4) is 0 Å². The maximum absolute atomic E-state index is 11.9. The Balaban J connectivity index is 2.01. The number of nitrogens with zero attached hydrogens (tertiary/aromatic N) is 2. The zero-order valence-electron chi connectivity index (χ0n) is 11.6. The molecule has 1 aliphatic rings. The molecule has 1 N–H and O–H groups in total. The van der Waals surface area contributed by atoms with Crippen LogP contribution in [-0.2, 0) is 16.1 Å². The van der Waals surface area contributed by atoms with E-state index in [-0.39, 0.29) is 5.97 Å². The fourth-order valence-electron chi connectivity index (χ4n) is 2.08. The molecule has 0 bridgehead atoms. The van der Waals surface area contributed by atoms with Crippen molar-refractivity contribution < 1.29 is 9.53 Å². The highest BCUT2D eigenvalue weighted by molar-refractivity contribution is 6.31. The van der Waals surface area contributed by atoms with E-state index in [1.165, 1.54) is 7.11 Å². The van der Waals surface area contributed by atoms with Crippen molar-refractivity contribution in [1.29, 1.82) is 0 Å². The Morgan fingerprint density at radius 2 is 2.37 bits per heavy atom. The largest absolute Gasteiger partial charge is 0.468 e. The molecule has 2 rings (SSSR count). The molecule has 1 aliphatic carbocycles. The van der Waals surface area contributed by atoms with Crippen molar-refractivity contribution in [2.45, 2.75) is 51.2 Å². The Morgan fingerprint density at radius 3 is 2.84 bits per heavy atom. The van der Waals surface area contributed by atoms with Crippen LogP contribution in [0.4, 0.5) is 0 Å². The summed E-state index contributed by atoms with van der Waals surface area (Å²) >= 11 is 5.97. The van der Waals surface area contributed by atoms with Gasteiger partial charge in [-0.15, -0.1) is 0 Å². The first-order valence-corrected chi connectivity index (χ1v) is 6.88. The summed E-state index contributed by atoms with van der Waals surface area (Å²) in [6.07, 6.45) is 4.65. The number of ether oxygens (including phenoxy) is 1. The van der Waals surface area contributed by atoms with Gasteiger partial charge in [-0.3, -0.25) is 14.8 Å². The first kappa shape index (κ1) is 14.3. The highest BCUT2D eigenvalue weighted by Crippen LogP contribution is 2.25. The number of carbonyl (C=O) groups excluding carboxylic acids is 1. The van der Waals surface area contributed by atoms with E-state index in [4.69, 9.17) is 16.3 Å². The monoisotopic (exact) mass is 285 g/mol. The van der Waals surface area contributed by atoms with Gasteiger partial charge in [0, 0.05) is 18.8 Å². The van der Waals surface area contributed by atoms with Gasteiger partial charge in [-0.1, -0.05) is 11.6 Å². The van der Waals surface area contributed by atoms with Crippen LogP contribution in [0.5, 0.6) is 0 Å². The maximum atomic E-state index is 11.9. The number of rotatable bonds is 6. The molecule has 1 saturated carbocycles. The van der Waals surface area contributed by atoms with Gasteiger partial charge in [0.25, 0.3) is 0 Å². The average Bonchev–Trinajstić information content (AvgIpc) is 3.12. The van der Waals surface area contributed by atoms with Crippen molar-refractivity contribution in [3.05, 3.63) is 16.9 Å². The SMILES string of the molecule is COC(=O)C(C)(CCn1cc(Cl)c(C)n1)NC1CC1. The van der Waals surface area contributed by atoms with Gasteiger partial charge in [-0.2, -0.15) is 5.10 Å². The molecule has 1 aromatic rings. The molecule has 0 saturated heterocycles. The summed E-state index contributed by atoms with van der Waals surface area (Å²) in [5.74, 6) is -0.227. The molecule has 106 valence electrons. The summed E-state index contributed by atoms with van der Waals surface area (Å²) in [6, 6.07) is 0.437. The molecule has 1 atom stereocenters. The zero-order chi connectivity index (χ0) is 14.0. The predicted molar refractivity (Wildman–Crippen MR) is 73.2 cm³/mol. The van der Waals surface area contributed by atoms with Gasteiger partial charge in [-0.25, -0.2) is 0 Å². The summed E-state index contributed by atoms with van der Waals surface area (Å²) in [6.45, 7) is 4.37. The van der Waals surface area contributed by atoms with Crippen molar-refractivity contribution in [2.75, 3.05) is 7.11 Å². The van der Waals surface area contributed by atoms with Gasteiger partial charge in [0.05, 0.1) is 17.8 Å². The van der Waals surface area contributed by atoms with Crippen molar-refractivity contribution in [2.24, 2.45) is 0 Å². The van der Waals surface area contributed by atoms with Gasteiger partial charge in [0.2, 0.25) is 0 Å². The highest BCUT2D eigenvalue weighted by Gasteiger charge is 2.39. The lowest BCUT2D eigenvalue weighted by Gasteiger charge is -2.28. The van der Waals surface area contributed by atoms with Crippen molar-refractivity contribution in [3.63, 3.8) is 0 Å². The second-order valence-corrected chi connectivity index (χ2v) is 5.73. The Morgan fingerprint density at radius 1 is 1.68 bits per heavy atom. The summed E-state index contributed by atoms with van der Waals surface area (Å²) < 4.78 is 6.68. The minimum absolute atomic E-state index is 0.227. The number of carbonyl (C=O) groups is 1. The normalized spacial score (nSPS) is 18.1. The standard InChI is InChI=1S/C13H20ClN3O2/c1-9-11(14)8-17(16-9)7-6-13(2,12(18)19-3)15-10-4-5-10/h8,10,15H,4-7H2,1-3H3. The fraction of sp³-hybridized carbons (Fsp3) is 0.692. The lowest BCUT2D eigenvalue weighted by Crippen LogP contribution is -2.51. The first-order valence-electron chi connectivity index (χ1n) is 6.50. The molecule has 0 spiro atoms. The topological polar surface area (TPSA) is 56.2 Å². The lowest BCUT2D eigenvalue weighted by molar-refractivity contribution is -0.148. The van der Waals surface area contributed by atoms with E-state index in [1.807, 2.05) is 13.8 Å². The number of aromatic nitrogens is 2. The smallest absolute Gasteiger partial charge is 0.325 e. The van der Waals surface area contributed by atoms with Crippen molar-refractivity contribution in [3.8, 4) is 0 Å². The van der Waals surface area contributed by atoms with Crippen LogP contribution in [0.1, 0.15) is 31.9 Å². The second kappa shape index (κ2) is 5.51. The van der Waals surface area contributed by atoms with Crippen LogP contribution < -0.4 is 5.32 Å². The highest BCUT2D eigenvalue weighted by atomic mass is 35.5. The summed E-state index contributed by atoms with van der Waals surface area (Å²) in [7, 11) is 1.42. The van der Waals surface area contributed by atoms with Gasteiger partial charge >= 0.3 is 5.97 Å². The Hall–Kier alpha value is -1.07. The number of halogens is 1. The second-order valence-electron chi connectivity index (χ2n) is 5.32. The van der Waals surface area contributed by atoms with E-state index in [2.05, 4.69) is 10.4 Å². The minimum atomic E-state index is -0.664. The molecule has 1 aromatic heterocycles. The molecular formula is C13H20ClN3O2. The van der Waals surface area contributed by atoms with Crippen LogP contribution in [0.2, 0.25) is 5.02 Å². The van der Waals surface area contributed by atoms with Crippen LogP contribution in [0, 0.1) is 6.92 Å². The lowest BCUT2D eigenvalue weighted by atomic mass is 9.97. The van der Waals surface area contributed by atoms with Crippen molar-refractivity contribution >= 4 is 17.6 Å². The van der Waals surface area contributed by atoms with Crippen LogP contribution in [0.15, 0.2) is 6.20 Å². The first-order chi connectivity index (χ1) is 8.94. The van der Waals surface area contributed by atoms with Crippen molar-refractivity contribution in [1.82, 2.24) is 15.1 Å². The van der Waals surface area contributed by atoms with E-state index in [0.717, 1.165) is 18.5 Å². The summed E-state index contributed by atoms with van der Waals surface area (Å²) in [4.78, 5) is 11.9. The molecule has 6 heteroatoms. The number of hydrogen-bond acceptors (Lipinski definition) is 4. The Bertz CT molecular complexity index is 451. The Labute approximate surface area is 118 Å². The number of methoxy groups -OCH3 is 1. The minimum Gasteiger partial charge on any atom is -0.468 e. The quantitative estimate of drug-likeness (QED) is 0.812. The Kier molecular flexibility index (Phi) is 4.16. The van der Waals surface area contributed by atoms with E-state index >= 15 is 0 Å². The molecule has 0 amide bonds. The molecule has 5 nitrogen and oxygen atoms in total. The third-order valence-electron chi connectivity index (χ3n) is 3.46. The molecule has 0 aromatic carbocycles. The summed E-state index contributed by atoms with van der Waals surface area (Å²) in [5.41, 5.74) is 0.138. The van der Waals surface area contributed by atoms with Crippen LogP contribution in [-0.4, -0.2) is 34.4 Å². The van der Waals surface area contributed by atoms with E-state index in [9.17, 15) is 4.79 Å². The molecule has 19 heavy (non-hydrogen) atoms. The predicted octanol–water partition coefficient (Wildman–Crippen LogP) is 1.92. The molecule has 1 heterocycles. The van der Waals surface area contributed by atoms with Gasteiger partial charge in [0.15, 0.2) is 0 Å².